The molecule has 0 fully saturated rings. The van der Waals surface area contributed by atoms with E-state index in [1.165, 1.54) is 9.58 Å². The van der Waals surface area contributed by atoms with E-state index in [-0.39, 0.29) is 24.1 Å². The van der Waals surface area contributed by atoms with Crippen molar-refractivity contribution in [3.63, 3.8) is 0 Å². The summed E-state index contributed by atoms with van der Waals surface area (Å²) in [5.41, 5.74) is 1.44. The first-order valence-electron chi connectivity index (χ1n) is 9.87. The number of furan rings is 1. The van der Waals surface area contributed by atoms with Gasteiger partial charge < -0.3 is 8.98 Å². The van der Waals surface area contributed by atoms with Crippen molar-refractivity contribution in [3.8, 4) is 0 Å². The molecule has 0 saturated carbocycles. The zero-order valence-electron chi connectivity index (χ0n) is 16.4. The molecule has 154 valence electrons. The number of pyridine rings is 1. The number of hydrogen-bond donors (Lipinski definition) is 0. The maximum Gasteiger partial charge on any atom is 0.263 e. The van der Waals surface area contributed by atoms with Gasteiger partial charge in [0.15, 0.2) is 0 Å². The molecule has 0 saturated heterocycles. The molecule has 3 heterocycles. The van der Waals surface area contributed by atoms with Crippen LogP contribution in [0.15, 0.2) is 93.5 Å². The predicted molar refractivity (Wildman–Crippen MR) is 119 cm³/mol. The van der Waals surface area contributed by atoms with E-state index in [1.54, 1.807) is 36.7 Å². The third kappa shape index (κ3) is 3.66. The van der Waals surface area contributed by atoms with E-state index in [2.05, 4.69) is 5.10 Å². The quantitative estimate of drug-likeness (QED) is 0.473. The number of benzene rings is 2. The number of aromatic nitrogens is 1. The second kappa shape index (κ2) is 7.89. The summed E-state index contributed by atoms with van der Waals surface area (Å²) in [7, 11) is 0. The van der Waals surface area contributed by atoms with Crippen LogP contribution >= 0.6 is 11.6 Å². The van der Waals surface area contributed by atoms with Gasteiger partial charge in [-0.1, -0.05) is 41.9 Å². The third-order valence-corrected chi connectivity index (χ3v) is 5.66. The van der Waals surface area contributed by atoms with Crippen LogP contribution in [0.1, 0.15) is 23.8 Å². The lowest BCUT2D eigenvalue weighted by Gasteiger charge is -2.20. The maximum atomic E-state index is 13.2. The van der Waals surface area contributed by atoms with Gasteiger partial charge in [0.2, 0.25) is 0 Å². The van der Waals surface area contributed by atoms with Crippen molar-refractivity contribution in [1.82, 2.24) is 9.58 Å². The highest BCUT2D eigenvalue weighted by Crippen LogP contribution is 2.33. The third-order valence-electron chi connectivity index (χ3n) is 5.41. The van der Waals surface area contributed by atoms with Crippen molar-refractivity contribution < 1.29 is 9.21 Å². The van der Waals surface area contributed by atoms with Crippen LogP contribution in [0.2, 0.25) is 5.02 Å². The molecule has 7 heteroatoms. The van der Waals surface area contributed by atoms with Crippen molar-refractivity contribution in [2.45, 2.75) is 19.0 Å². The van der Waals surface area contributed by atoms with Gasteiger partial charge in [-0.3, -0.25) is 9.59 Å². The number of amides is 1. The van der Waals surface area contributed by atoms with Crippen molar-refractivity contribution >= 4 is 34.0 Å². The van der Waals surface area contributed by atoms with Crippen LogP contribution in [0, 0.1) is 0 Å². The minimum absolute atomic E-state index is 0.113. The second-order valence-electron chi connectivity index (χ2n) is 7.36. The Morgan fingerprint density at radius 3 is 2.65 bits per heavy atom. The average Bonchev–Trinajstić information content (AvgIpc) is 3.46. The van der Waals surface area contributed by atoms with Crippen molar-refractivity contribution in [2.24, 2.45) is 5.10 Å². The largest absolute Gasteiger partial charge is 0.467 e. The molecule has 5 rings (SSSR count). The van der Waals surface area contributed by atoms with Gasteiger partial charge in [0.25, 0.3) is 11.5 Å². The lowest BCUT2D eigenvalue weighted by atomic mass is 10.0. The van der Waals surface area contributed by atoms with Gasteiger partial charge >= 0.3 is 0 Å². The SMILES string of the molecule is O=C(Cn1ccc2ccccc2c1=O)N1N=C(c2ccc(Cl)cc2)C[C@@H]1c1ccco1. The van der Waals surface area contributed by atoms with Crippen LogP contribution < -0.4 is 5.56 Å². The fourth-order valence-electron chi connectivity index (χ4n) is 3.83. The van der Waals surface area contributed by atoms with Gasteiger partial charge in [-0.15, -0.1) is 0 Å². The first-order valence-corrected chi connectivity index (χ1v) is 10.2. The second-order valence-corrected chi connectivity index (χ2v) is 7.80. The first kappa shape index (κ1) is 19.3. The minimum atomic E-state index is -0.371. The summed E-state index contributed by atoms with van der Waals surface area (Å²) >= 11 is 6.00. The molecular formula is C24H18ClN3O3. The van der Waals surface area contributed by atoms with Crippen LogP contribution in [-0.2, 0) is 11.3 Å². The molecule has 0 radical (unpaired) electrons. The van der Waals surface area contributed by atoms with Gasteiger partial charge in [0.05, 0.1) is 12.0 Å². The number of hydrogen-bond acceptors (Lipinski definition) is 4. The minimum Gasteiger partial charge on any atom is -0.467 e. The summed E-state index contributed by atoms with van der Waals surface area (Å²) in [6, 6.07) is 19.7. The van der Waals surface area contributed by atoms with Gasteiger partial charge in [0, 0.05) is 23.0 Å². The van der Waals surface area contributed by atoms with E-state index in [1.807, 2.05) is 42.5 Å². The molecule has 0 bridgehead atoms. The van der Waals surface area contributed by atoms with Gasteiger partial charge in [0.1, 0.15) is 18.3 Å². The first-order chi connectivity index (χ1) is 15.1. The molecule has 0 unspecified atom stereocenters. The van der Waals surface area contributed by atoms with Crippen molar-refractivity contribution in [3.05, 3.63) is 106 Å². The molecule has 1 aliphatic heterocycles. The highest BCUT2D eigenvalue weighted by Gasteiger charge is 2.35. The van der Waals surface area contributed by atoms with E-state index in [9.17, 15) is 9.59 Å². The Hall–Kier alpha value is -3.64. The maximum absolute atomic E-state index is 13.2. The number of nitrogens with zero attached hydrogens (tertiary/aromatic N) is 3. The average molecular weight is 432 g/mol. The molecule has 1 amide bonds. The van der Waals surface area contributed by atoms with E-state index in [4.69, 9.17) is 16.0 Å². The summed E-state index contributed by atoms with van der Waals surface area (Å²) in [6.45, 7) is -0.113. The van der Waals surface area contributed by atoms with Gasteiger partial charge in [-0.05, 0) is 47.3 Å². The molecule has 0 spiro atoms. The molecule has 2 aromatic carbocycles. The van der Waals surface area contributed by atoms with Crippen LogP contribution in [-0.4, -0.2) is 21.2 Å². The summed E-state index contributed by atoms with van der Waals surface area (Å²) < 4.78 is 6.99. The molecule has 0 aliphatic carbocycles. The lowest BCUT2D eigenvalue weighted by molar-refractivity contribution is -0.134. The summed E-state index contributed by atoms with van der Waals surface area (Å²) in [5, 5.41) is 8.07. The Morgan fingerprint density at radius 1 is 1.06 bits per heavy atom. The predicted octanol–water partition coefficient (Wildman–Crippen LogP) is 4.63. The fraction of sp³-hybridized carbons (Fsp3) is 0.125. The summed E-state index contributed by atoms with van der Waals surface area (Å²) in [6.07, 6.45) is 3.73. The Balaban J connectivity index is 1.48. The highest BCUT2D eigenvalue weighted by atomic mass is 35.5. The number of fused-ring (bicyclic) bond motifs is 1. The molecule has 2 aromatic heterocycles. The van der Waals surface area contributed by atoms with Gasteiger partial charge in [-0.2, -0.15) is 5.10 Å². The van der Waals surface area contributed by atoms with E-state index >= 15 is 0 Å². The molecular weight excluding hydrogens is 414 g/mol. The van der Waals surface area contributed by atoms with Crippen molar-refractivity contribution in [1.29, 1.82) is 0 Å². The molecule has 0 N–H and O–H groups in total. The van der Waals surface area contributed by atoms with Crippen LogP contribution in [0.3, 0.4) is 0 Å². The Bertz CT molecular complexity index is 1340. The Kier molecular flexibility index (Phi) is 4.92. The topological polar surface area (TPSA) is 67.8 Å². The van der Waals surface area contributed by atoms with E-state index < -0.39 is 0 Å². The monoisotopic (exact) mass is 431 g/mol. The van der Waals surface area contributed by atoms with Gasteiger partial charge in [-0.25, -0.2) is 5.01 Å². The molecule has 1 aliphatic rings. The van der Waals surface area contributed by atoms with E-state index in [0.29, 0.717) is 22.6 Å². The van der Waals surface area contributed by atoms with Crippen LogP contribution in [0.4, 0.5) is 0 Å². The zero-order valence-corrected chi connectivity index (χ0v) is 17.2. The number of carbonyl (C=O) groups excluding carboxylic acids is 1. The summed E-state index contributed by atoms with van der Waals surface area (Å²) in [4.78, 5) is 26.1. The molecule has 1 atom stereocenters. The number of rotatable bonds is 4. The Morgan fingerprint density at radius 2 is 1.87 bits per heavy atom. The summed E-state index contributed by atoms with van der Waals surface area (Å²) in [5.74, 6) is 0.356. The van der Waals surface area contributed by atoms with Crippen molar-refractivity contribution in [2.75, 3.05) is 0 Å². The number of carbonyl (C=O) groups is 1. The molecule has 4 aromatic rings. The molecule has 6 nitrogen and oxygen atoms in total. The number of halogens is 1. The number of hydrazone groups is 1. The standard InChI is InChI=1S/C24H18ClN3O3/c25-18-9-7-17(8-10-18)20-14-21(22-6-3-13-31-22)28(26-20)23(29)15-27-12-11-16-4-1-2-5-19(16)24(27)30/h1-13,21H,14-15H2/t21-/m1/s1. The smallest absolute Gasteiger partial charge is 0.263 e. The fourth-order valence-corrected chi connectivity index (χ4v) is 3.96. The highest BCUT2D eigenvalue weighted by molar-refractivity contribution is 6.30. The van der Waals surface area contributed by atoms with Crippen LogP contribution in [0.5, 0.6) is 0 Å². The molecule has 31 heavy (non-hydrogen) atoms. The Labute approximate surface area is 183 Å². The lowest BCUT2D eigenvalue weighted by Crippen LogP contribution is -2.33. The zero-order chi connectivity index (χ0) is 21.4. The van der Waals surface area contributed by atoms with E-state index in [0.717, 1.165) is 16.7 Å². The normalized spacial score (nSPS) is 16.0. The van der Waals surface area contributed by atoms with Crippen LogP contribution in [0.25, 0.3) is 10.8 Å².